The Kier molecular flexibility index (Phi) is 5.24. The fraction of sp³-hybridized carbons (Fsp3) is 0.800. The van der Waals surface area contributed by atoms with Crippen LogP contribution in [0.5, 0.6) is 0 Å². The quantitative estimate of drug-likeness (QED) is 0.498. The molecule has 0 aliphatic heterocycles. The molecule has 1 nitrogen and oxygen atoms in total. The van der Waals surface area contributed by atoms with Crippen LogP contribution >= 0.6 is 0 Å². The first kappa shape index (κ1) is 13.5. The van der Waals surface area contributed by atoms with Crippen molar-refractivity contribution < 1.29 is 4.79 Å². The summed E-state index contributed by atoms with van der Waals surface area (Å²) in [6, 6.07) is 0. The third-order valence-electron chi connectivity index (χ3n) is 4.22. The summed E-state index contributed by atoms with van der Waals surface area (Å²) >= 11 is 0. The molecule has 0 saturated carbocycles. The standard InChI is InChI=1S/C15H26O/c1-11(2)15(10-16)9-8-14-7-5-6-12(3)13(14)4/h10-12,15H,5-9H2,1-4H3/t12-,15-/m1/s1. The highest BCUT2D eigenvalue weighted by atomic mass is 16.1. The Balaban J connectivity index is 2.53. The molecule has 0 fully saturated rings. The van der Waals surface area contributed by atoms with E-state index in [9.17, 15) is 4.79 Å². The summed E-state index contributed by atoms with van der Waals surface area (Å²) in [5.74, 6) is 1.49. The van der Waals surface area contributed by atoms with Crippen molar-refractivity contribution in [3.05, 3.63) is 11.1 Å². The monoisotopic (exact) mass is 222 g/mol. The largest absolute Gasteiger partial charge is 0.303 e. The van der Waals surface area contributed by atoms with Crippen LogP contribution in [0.15, 0.2) is 11.1 Å². The van der Waals surface area contributed by atoms with E-state index in [0.29, 0.717) is 5.92 Å². The summed E-state index contributed by atoms with van der Waals surface area (Å²) in [6.45, 7) is 8.90. The highest BCUT2D eigenvalue weighted by molar-refractivity contribution is 5.53. The van der Waals surface area contributed by atoms with Crippen LogP contribution in [0, 0.1) is 17.8 Å². The zero-order chi connectivity index (χ0) is 12.1. The minimum absolute atomic E-state index is 0.248. The van der Waals surface area contributed by atoms with Gasteiger partial charge in [0.25, 0.3) is 0 Å². The summed E-state index contributed by atoms with van der Waals surface area (Å²) in [4.78, 5) is 10.9. The van der Waals surface area contributed by atoms with Gasteiger partial charge in [0.05, 0.1) is 0 Å². The van der Waals surface area contributed by atoms with Crippen molar-refractivity contribution in [3.63, 3.8) is 0 Å². The van der Waals surface area contributed by atoms with Crippen molar-refractivity contribution in [2.45, 2.75) is 59.8 Å². The first-order valence-corrected chi connectivity index (χ1v) is 6.70. The SMILES string of the molecule is CC1=C(CC[C@H](C=O)C(C)C)CCC[C@H]1C. The Hall–Kier alpha value is -0.590. The molecule has 1 aliphatic rings. The van der Waals surface area contributed by atoms with Gasteiger partial charge in [-0.15, -0.1) is 0 Å². The normalized spacial score (nSPS) is 23.7. The van der Waals surface area contributed by atoms with E-state index in [2.05, 4.69) is 27.7 Å². The molecule has 1 rings (SSSR count). The van der Waals surface area contributed by atoms with E-state index in [1.54, 1.807) is 11.1 Å². The van der Waals surface area contributed by atoms with Crippen LogP contribution < -0.4 is 0 Å². The lowest BCUT2D eigenvalue weighted by atomic mass is 9.81. The molecule has 1 heteroatoms. The molecule has 0 unspecified atom stereocenters. The van der Waals surface area contributed by atoms with Crippen LogP contribution in [0.1, 0.15) is 59.8 Å². The highest BCUT2D eigenvalue weighted by Crippen LogP contribution is 2.33. The van der Waals surface area contributed by atoms with E-state index in [1.165, 1.54) is 19.3 Å². The summed E-state index contributed by atoms with van der Waals surface area (Å²) in [7, 11) is 0. The van der Waals surface area contributed by atoms with Crippen molar-refractivity contribution >= 4 is 6.29 Å². The maximum atomic E-state index is 10.9. The van der Waals surface area contributed by atoms with Crippen LogP contribution in [-0.4, -0.2) is 6.29 Å². The van der Waals surface area contributed by atoms with E-state index in [1.807, 2.05) is 0 Å². The lowest BCUT2D eigenvalue weighted by Crippen LogP contribution is -2.12. The second-order valence-corrected chi connectivity index (χ2v) is 5.66. The Bertz CT molecular complexity index is 263. The van der Waals surface area contributed by atoms with Gasteiger partial charge in [0, 0.05) is 5.92 Å². The van der Waals surface area contributed by atoms with Gasteiger partial charge in [0.2, 0.25) is 0 Å². The molecule has 0 aromatic carbocycles. The molecule has 0 heterocycles. The fourth-order valence-electron chi connectivity index (χ4n) is 2.61. The first-order chi connectivity index (χ1) is 7.56. The van der Waals surface area contributed by atoms with Gasteiger partial charge in [-0.3, -0.25) is 0 Å². The number of hydrogen-bond donors (Lipinski definition) is 0. The Morgan fingerprint density at radius 3 is 2.69 bits per heavy atom. The zero-order valence-electron chi connectivity index (χ0n) is 11.3. The second kappa shape index (κ2) is 6.22. The molecule has 1 aliphatic carbocycles. The third kappa shape index (κ3) is 3.47. The Morgan fingerprint density at radius 2 is 2.12 bits per heavy atom. The third-order valence-corrected chi connectivity index (χ3v) is 4.22. The topological polar surface area (TPSA) is 17.1 Å². The molecular weight excluding hydrogens is 196 g/mol. The van der Waals surface area contributed by atoms with Crippen LogP contribution in [0.3, 0.4) is 0 Å². The maximum Gasteiger partial charge on any atom is 0.123 e. The van der Waals surface area contributed by atoms with Crippen molar-refractivity contribution in [1.29, 1.82) is 0 Å². The average Bonchev–Trinajstić information content (AvgIpc) is 2.24. The van der Waals surface area contributed by atoms with Gasteiger partial charge in [-0.25, -0.2) is 0 Å². The van der Waals surface area contributed by atoms with Crippen molar-refractivity contribution in [3.8, 4) is 0 Å². The van der Waals surface area contributed by atoms with Crippen LogP contribution in [0.25, 0.3) is 0 Å². The molecule has 0 aromatic rings. The second-order valence-electron chi connectivity index (χ2n) is 5.66. The number of aldehydes is 1. The number of allylic oxidation sites excluding steroid dienone is 2. The van der Waals surface area contributed by atoms with Crippen LogP contribution in [0.2, 0.25) is 0 Å². The Morgan fingerprint density at radius 1 is 1.44 bits per heavy atom. The molecule has 0 N–H and O–H groups in total. The predicted molar refractivity (Wildman–Crippen MR) is 69.3 cm³/mol. The molecule has 0 spiro atoms. The molecule has 16 heavy (non-hydrogen) atoms. The average molecular weight is 222 g/mol. The van der Waals surface area contributed by atoms with E-state index in [4.69, 9.17) is 0 Å². The number of carbonyl (C=O) groups is 1. The van der Waals surface area contributed by atoms with Crippen molar-refractivity contribution in [2.75, 3.05) is 0 Å². The van der Waals surface area contributed by atoms with E-state index in [0.717, 1.165) is 25.0 Å². The van der Waals surface area contributed by atoms with E-state index < -0.39 is 0 Å². The van der Waals surface area contributed by atoms with Crippen LogP contribution in [0.4, 0.5) is 0 Å². The minimum Gasteiger partial charge on any atom is -0.303 e. The molecule has 0 bridgehead atoms. The van der Waals surface area contributed by atoms with Gasteiger partial charge < -0.3 is 4.79 Å². The number of carbonyl (C=O) groups excluding carboxylic acids is 1. The van der Waals surface area contributed by atoms with Gasteiger partial charge in [0.15, 0.2) is 0 Å². The van der Waals surface area contributed by atoms with Gasteiger partial charge in [-0.2, -0.15) is 0 Å². The maximum absolute atomic E-state index is 10.9. The fourth-order valence-corrected chi connectivity index (χ4v) is 2.61. The Labute approximate surface area is 100 Å². The van der Waals surface area contributed by atoms with Crippen molar-refractivity contribution in [1.82, 2.24) is 0 Å². The molecular formula is C15H26O. The van der Waals surface area contributed by atoms with E-state index >= 15 is 0 Å². The van der Waals surface area contributed by atoms with E-state index in [-0.39, 0.29) is 5.92 Å². The van der Waals surface area contributed by atoms with Gasteiger partial charge >= 0.3 is 0 Å². The molecule has 0 saturated heterocycles. The number of rotatable bonds is 5. The van der Waals surface area contributed by atoms with Crippen molar-refractivity contribution in [2.24, 2.45) is 17.8 Å². The summed E-state index contributed by atoms with van der Waals surface area (Å²) in [5.41, 5.74) is 3.23. The summed E-state index contributed by atoms with van der Waals surface area (Å²) < 4.78 is 0. The number of hydrogen-bond acceptors (Lipinski definition) is 1. The van der Waals surface area contributed by atoms with Gasteiger partial charge in [0.1, 0.15) is 6.29 Å². The summed E-state index contributed by atoms with van der Waals surface area (Å²) in [6.07, 6.45) is 7.27. The van der Waals surface area contributed by atoms with Gasteiger partial charge in [-0.1, -0.05) is 31.9 Å². The van der Waals surface area contributed by atoms with Gasteiger partial charge in [-0.05, 0) is 50.9 Å². The molecule has 0 amide bonds. The lowest BCUT2D eigenvalue weighted by Gasteiger charge is -2.25. The summed E-state index contributed by atoms with van der Waals surface area (Å²) in [5, 5.41) is 0. The molecule has 92 valence electrons. The molecule has 0 radical (unpaired) electrons. The lowest BCUT2D eigenvalue weighted by molar-refractivity contribution is -0.112. The minimum atomic E-state index is 0.248. The highest BCUT2D eigenvalue weighted by Gasteiger charge is 2.18. The molecule has 0 aromatic heterocycles. The predicted octanol–water partition coefficient (Wildman–Crippen LogP) is 4.37. The first-order valence-electron chi connectivity index (χ1n) is 6.70. The van der Waals surface area contributed by atoms with Crippen LogP contribution in [-0.2, 0) is 4.79 Å². The molecule has 2 atom stereocenters. The zero-order valence-corrected chi connectivity index (χ0v) is 11.3. The smallest absolute Gasteiger partial charge is 0.123 e.